The standard InChI is InChI=1S/C18H18ClN5O4S2/c1-22-6-8-23(9-7-22)30(27,28)13-3-5-17(16(11-13)24(25)26)29-18-20-14-4-2-12(19)10-15(14)21-18/h2-5,10-11H,6-9H2,1H3,(H,20,21). The summed E-state index contributed by atoms with van der Waals surface area (Å²) in [5.74, 6) is 0. The van der Waals surface area contributed by atoms with Crippen LogP contribution in [0.4, 0.5) is 5.69 Å². The molecule has 158 valence electrons. The van der Waals surface area contributed by atoms with Crippen LogP contribution in [0.1, 0.15) is 0 Å². The lowest BCUT2D eigenvalue weighted by Crippen LogP contribution is -2.47. The molecule has 1 N–H and O–H groups in total. The summed E-state index contributed by atoms with van der Waals surface area (Å²) in [6.45, 7) is 1.94. The molecule has 12 heteroatoms. The molecule has 0 bridgehead atoms. The van der Waals surface area contributed by atoms with Gasteiger partial charge < -0.3 is 9.88 Å². The number of H-pyrrole nitrogens is 1. The molecule has 0 spiro atoms. The van der Waals surface area contributed by atoms with Gasteiger partial charge in [0.1, 0.15) is 0 Å². The van der Waals surface area contributed by atoms with Crippen LogP contribution in [0.5, 0.6) is 0 Å². The number of aromatic nitrogens is 2. The molecule has 4 rings (SSSR count). The summed E-state index contributed by atoms with van der Waals surface area (Å²) in [5.41, 5.74) is 1.11. The van der Waals surface area contributed by atoms with Crippen molar-refractivity contribution < 1.29 is 13.3 Å². The number of halogens is 1. The molecular formula is C18H18ClN5O4S2. The fourth-order valence-corrected chi connectivity index (χ4v) is 5.68. The van der Waals surface area contributed by atoms with Gasteiger partial charge in [0, 0.05) is 37.3 Å². The van der Waals surface area contributed by atoms with Crippen molar-refractivity contribution in [1.82, 2.24) is 19.2 Å². The van der Waals surface area contributed by atoms with Crippen molar-refractivity contribution in [3.8, 4) is 0 Å². The Hall–Kier alpha value is -2.18. The van der Waals surface area contributed by atoms with E-state index in [9.17, 15) is 18.5 Å². The van der Waals surface area contributed by atoms with Gasteiger partial charge in [-0.25, -0.2) is 13.4 Å². The first-order valence-electron chi connectivity index (χ1n) is 9.04. The van der Waals surface area contributed by atoms with Crippen molar-refractivity contribution in [2.75, 3.05) is 33.2 Å². The molecule has 30 heavy (non-hydrogen) atoms. The third-order valence-electron chi connectivity index (χ3n) is 4.86. The number of sulfonamides is 1. The van der Waals surface area contributed by atoms with E-state index in [1.54, 1.807) is 18.2 Å². The average Bonchev–Trinajstić information content (AvgIpc) is 3.09. The largest absolute Gasteiger partial charge is 0.333 e. The first kappa shape index (κ1) is 21.1. The second kappa shape index (κ2) is 8.16. The summed E-state index contributed by atoms with van der Waals surface area (Å²) < 4.78 is 27.2. The number of hydrogen-bond acceptors (Lipinski definition) is 7. The Kier molecular flexibility index (Phi) is 5.73. The quantitative estimate of drug-likeness (QED) is 0.452. The van der Waals surface area contributed by atoms with Gasteiger partial charge in [0.15, 0.2) is 5.16 Å². The number of nitrogens with one attached hydrogen (secondary N) is 1. The number of rotatable bonds is 5. The van der Waals surface area contributed by atoms with Gasteiger partial charge in [-0.15, -0.1) is 0 Å². The Balaban J connectivity index is 1.65. The van der Waals surface area contributed by atoms with Crippen LogP contribution in [-0.2, 0) is 10.0 Å². The third kappa shape index (κ3) is 4.16. The number of nitrogens with zero attached hydrogens (tertiary/aromatic N) is 4. The van der Waals surface area contributed by atoms with E-state index in [0.29, 0.717) is 52.3 Å². The Labute approximate surface area is 182 Å². The number of likely N-dealkylation sites (N-methyl/N-ethyl adjacent to an activating group) is 1. The van der Waals surface area contributed by atoms with Gasteiger partial charge in [-0.3, -0.25) is 10.1 Å². The molecule has 9 nitrogen and oxygen atoms in total. The van der Waals surface area contributed by atoms with Crippen LogP contribution >= 0.6 is 23.4 Å². The van der Waals surface area contributed by atoms with Gasteiger partial charge in [0.05, 0.1) is 25.7 Å². The Morgan fingerprint density at radius 1 is 1.17 bits per heavy atom. The van der Waals surface area contributed by atoms with Crippen LogP contribution in [0.25, 0.3) is 11.0 Å². The summed E-state index contributed by atoms with van der Waals surface area (Å²) in [6.07, 6.45) is 0. The van der Waals surface area contributed by atoms with Gasteiger partial charge in [-0.05, 0) is 49.1 Å². The lowest BCUT2D eigenvalue weighted by Gasteiger charge is -2.31. The van der Waals surface area contributed by atoms with Gasteiger partial charge in [-0.2, -0.15) is 4.31 Å². The maximum atomic E-state index is 12.9. The molecular weight excluding hydrogens is 450 g/mol. The number of nitro groups is 1. The highest BCUT2D eigenvalue weighted by Gasteiger charge is 2.30. The molecule has 0 aliphatic carbocycles. The number of nitro benzene ring substituents is 1. The zero-order valence-corrected chi connectivity index (χ0v) is 18.3. The number of fused-ring (bicyclic) bond motifs is 1. The molecule has 2 aromatic carbocycles. The number of aromatic amines is 1. The molecule has 1 aliphatic heterocycles. The maximum Gasteiger partial charge on any atom is 0.284 e. The van der Waals surface area contributed by atoms with Crippen LogP contribution in [0, 0.1) is 10.1 Å². The summed E-state index contributed by atoms with van der Waals surface area (Å²) in [7, 11) is -1.88. The number of piperazine rings is 1. The summed E-state index contributed by atoms with van der Waals surface area (Å²) in [4.78, 5) is 20.8. The highest BCUT2D eigenvalue weighted by molar-refractivity contribution is 7.99. The van der Waals surface area contributed by atoms with Crippen molar-refractivity contribution in [3.05, 3.63) is 51.5 Å². The highest BCUT2D eigenvalue weighted by atomic mass is 35.5. The second-order valence-corrected chi connectivity index (χ2v) is 10.3. The topological polar surface area (TPSA) is 112 Å². The van der Waals surface area contributed by atoms with Crippen LogP contribution in [0.15, 0.2) is 51.3 Å². The first-order valence-corrected chi connectivity index (χ1v) is 11.7. The van der Waals surface area contributed by atoms with E-state index in [4.69, 9.17) is 11.6 Å². The molecule has 1 fully saturated rings. The van der Waals surface area contributed by atoms with E-state index in [1.165, 1.54) is 16.4 Å². The summed E-state index contributed by atoms with van der Waals surface area (Å²) in [5, 5.41) is 12.7. The average molecular weight is 468 g/mol. The van der Waals surface area contributed by atoms with Gasteiger partial charge in [0.2, 0.25) is 10.0 Å². The number of hydrogen-bond donors (Lipinski definition) is 1. The number of imidazole rings is 1. The predicted molar refractivity (Wildman–Crippen MR) is 115 cm³/mol. The van der Waals surface area contributed by atoms with E-state index in [0.717, 1.165) is 17.8 Å². The summed E-state index contributed by atoms with van der Waals surface area (Å²) in [6, 6.07) is 9.15. The highest BCUT2D eigenvalue weighted by Crippen LogP contribution is 2.36. The molecule has 2 heterocycles. The molecule has 0 radical (unpaired) electrons. The molecule has 1 aromatic heterocycles. The fraction of sp³-hybridized carbons (Fsp3) is 0.278. The second-order valence-electron chi connectivity index (χ2n) is 6.90. The van der Waals surface area contributed by atoms with E-state index in [-0.39, 0.29) is 10.6 Å². The van der Waals surface area contributed by atoms with Crippen molar-refractivity contribution in [2.24, 2.45) is 0 Å². The van der Waals surface area contributed by atoms with Crippen molar-refractivity contribution in [1.29, 1.82) is 0 Å². The van der Waals surface area contributed by atoms with Crippen LogP contribution in [-0.4, -0.2) is 65.7 Å². The van der Waals surface area contributed by atoms with Gasteiger partial charge in [-0.1, -0.05) is 11.6 Å². The van der Waals surface area contributed by atoms with E-state index in [1.807, 2.05) is 11.9 Å². The van der Waals surface area contributed by atoms with Crippen molar-refractivity contribution in [3.63, 3.8) is 0 Å². The van der Waals surface area contributed by atoms with Crippen molar-refractivity contribution >= 4 is 50.1 Å². The molecule has 0 atom stereocenters. The molecule has 0 amide bonds. The zero-order chi connectivity index (χ0) is 21.5. The van der Waals surface area contributed by atoms with Crippen molar-refractivity contribution in [2.45, 2.75) is 14.9 Å². The Bertz CT molecular complexity index is 1220. The molecule has 1 saturated heterocycles. The summed E-state index contributed by atoms with van der Waals surface area (Å²) >= 11 is 7.04. The van der Waals surface area contributed by atoms with E-state index < -0.39 is 14.9 Å². The minimum absolute atomic E-state index is 0.0838. The Morgan fingerprint density at radius 3 is 2.60 bits per heavy atom. The van der Waals surface area contributed by atoms with Gasteiger partial charge >= 0.3 is 0 Å². The molecule has 1 aliphatic rings. The van der Waals surface area contributed by atoms with E-state index >= 15 is 0 Å². The fourth-order valence-electron chi connectivity index (χ4n) is 3.18. The van der Waals surface area contributed by atoms with Crippen LogP contribution in [0.3, 0.4) is 0 Å². The normalized spacial score (nSPS) is 16.2. The van der Waals surface area contributed by atoms with Crippen LogP contribution < -0.4 is 0 Å². The minimum atomic E-state index is -3.80. The monoisotopic (exact) mass is 467 g/mol. The SMILES string of the molecule is CN1CCN(S(=O)(=O)c2ccc(Sc3nc4ccc(Cl)cc4[nH]3)c([N+](=O)[O-])c2)CC1. The third-order valence-corrected chi connectivity index (χ3v) is 7.94. The molecule has 3 aromatic rings. The zero-order valence-electron chi connectivity index (χ0n) is 15.9. The minimum Gasteiger partial charge on any atom is -0.333 e. The lowest BCUT2D eigenvalue weighted by atomic mass is 10.3. The first-order chi connectivity index (χ1) is 14.2. The maximum absolute atomic E-state index is 12.9. The Morgan fingerprint density at radius 2 is 1.90 bits per heavy atom. The number of benzene rings is 2. The van der Waals surface area contributed by atoms with Crippen LogP contribution in [0.2, 0.25) is 5.02 Å². The molecule has 0 unspecified atom stereocenters. The predicted octanol–water partition coefficient (Wildman–Crippen LogP) is 3.21. The smallest absolute Gasteiger partial charge is 0.284 e. The van der Waals surface area contributed by atoms with Gasteiger partial charge in [0.25, 0.3) is 5.69 Å². The molecule has 0 saturated carbocycles. The lowest BCUT2D eigenvalue weighted by molar-refractivity contribution is -0.388. The van der Waals surface area contributed by atoms with E-state index in [2.05, 4.69) is 9.97 Å².